The number of carbonyl (C=O) groups is 2. The van der Waals surface area contributed by atoms with Gasteiger partial charge in [-0.3, -0.25) is 9.59 Å². The van der Waals surface area contributed by atoms with Crippen LogP contribution in [-0.2, 0) is 9.59 Å². The number of Topliss-reactive ketones (excluding diaryl/α,β-unsaturated/α-hetero) is 2. The Morgan fingerprint density at radius 3 is 2.37 bits per heavy atom. The molecule has 0 amide bonds. The summed E-state index contributed by atoms with van der Waals surface area (Å²) in [5, 5.41) is 0.437. The molecule has 100 valence electrons. The minimum Gasteiger partial charge on any atom is -0.496 e. The molecule has 2 fully saturated rings. The topological polar surface area (TPSA) is 43.4 Å². The minimum atomic E-state index is -0.727. The van der Waals surface area contributed by atoms with E-state index in [4.69, 9.17) is 16.3 Å². The number of halogens is 1. The van der Waals surface area contributed by atoms with Crippen LogP contribution in [0.25, 0.3) is 0 Å². The molecule has 0 radical (unpaired) electrons. The van der Waals surface area contributed by atoms with Crippen LogP contribution in [0.5, 0.6) is 5.75 Å². The van der Waals surface area contributed by atoms with Gasteiger partial charge in [-0.2, -0.15) is 0 Å². The van der Waals surface area contributed by atoms with Gasteiger partial charge in [-0.1, -0.05) is 17.7 Å². The molecule has 0 spiro atoms. The average Bonchev–Trinajstić information content (AvgIpc) is 2.85. The molecule has 1 aromatic carbocycles. The highest BCUT2D eigenvalue weighted by Crippen LogP contribution is 2.47. The van der Waals surface area contributed by atoms with Gasteiger partial charge in [-0.05, 0) is 31.4 Å². The molecule has 3 nitrogen and oxygen atoms in total. The zero-order valence-electron chi connectivity index (χ0n) is 10.7. The summed E-state index contributed by atoms with van der Waals surface area (Å²) in [4.78, 5) is 25.0. The molecule has 0 saturated heterocycles. The number of rotatable bonds is 2. The Hall–Kier alpha value is -1.35. The van der Waals surface area contributed by atoms with Crippen molar-refractivity contribution in [3.05, 3.63) is 28.8 Å². The van der Waals surface area contributed by atoms with Gasteiger partial charge in [-0.25, -0.2) is 0 Å². The molecule has 19 heavy (non-hydrogen) atoms. The Bertz CT molecular complexity index is 530. The Balaban J connectivity index is 2.11. The van der Waals surface area contributed by atoms with Gasteiger partial charge in [0.15, 0.2) is 11.6 Å². The third kappa shape index (κ3) is 1.88. The van der Waals surface area contributed by atoms with Crippen LogP contribution in [-0.4, -0.2) is 18.7 Å². The van der Waals surface area contributed by atoms with E-state index >= 15 is 0 Å². The molecule has 2 aliphatic rings. The molecule has 3 rings (SSSR count). The van der Waals surface area contributed by atoms with E-state index in [2.05, 4.69) is 0 Å². The highest BCUT2D eigenvalue weighted by atomic mass is 35.5. The maximum Gasteiger partial charge on any atom is 0.151 e. The number of ether oxygens (including phenoxy) is 1. The second-order valence-corrected chi connectivity index (χ2v) is 5.71. The van der Waals surface area contributed by atoms with Gasteiger partial charge >= 0.3 is 0 Å². The van der Waals surface area contributed by atoms with E-state index in [-0.39, 0.29) is 23.4 Å². The Labute approximate surface area is 116 Å². The summed E-state index contributed by atoms with van der Waals surface area (Å²) in [5.41, 5.74) is 0.554. The third-order valence-corrected chi connectivity index (χ3v) is 4.66. The van der Waals surface area contributed by atoms with E-state index in [0.717, 1.165) is 19.3 Å². The fourth-order valence-corrected chi connectivity index (χ4v) is 3.64. The van der Waals surface area contributed by atoms with E-state index in [1.807, 2.05) is 0 Å². The highest BCUT2D eigenvalue weighted by molar-refractivity contribution is 6.32. The molecule has 2 unspecified atom stereocenters. The normalized spacial score (nSPS) is 29.7. The smallest absolute Gasteiger partial charge is 0.151 e. The van der Waals surface area contributed by atoms with E-state index in [0.29, 0.717) is 16.3 Å². The first-order chi connectivity index (χ1) is 9.13. The predicted octanol–water partition coefficient (Wildman–Crippen LogP) is 3.00. The van der Waals surface area contributed by atoms with Crippen molar-refractivity contribution in [2.24, 2.45) is 11.8 Å². The van der Waals surface area contributed by atoms with Gasteiger partial charge in [0.1, 0.15) is 11.7 Å². The van der Waals surface area contributed by atoms with Crippen molar-refractivity contribution in [2.75, 3.05) is 7.11 Å². The minimum absolute atomic E-state index is 0.0187. The number of fused-ring (bicyclic) bond motifs is 2. The molecule has 1 aromatic rings. The van der Waals surface area contributed by atoms with Crippen molar-refractivity contribution in [3.63, 3.8) is 0 Å². The molecule has 0 heterocycles. The molecule has 2 atom stereocenters. The van der Waals surface area contributed by atoms with Crippen LogP contribution in [0.15, 0.2) is 18.2 Å². The molecule has 2 bridgehead atoms. The largest absolute Gasteiger partial charge is 0.496 e. The SMILES string of the molecule is COc1cccc(Cl)c1C1C(=O)C2CCC(C2)C1=O. The maximum absolute atomic E-state index is 12.5. The van der Waals surface area contributed by atoms with Gasteiger partial charge in [0, 0.05) is 22.4 Å². The monoisotopic (exact) mass is 278 g/mol. The average molecular weight is 279 g/mol. The standard InChI is InChI=1S/C15H15ClO3/c1-19-11-4-2-3-10(16)12(11)13-14(17)8-5-6-9(7-8)15(13)18/h2-4,8-9,13H,5-7H2,1H3. The van der Waals surface area contributed by atoms with E-state index in [1.54, 1.807) is 18.2 Å². The Morgan fingerprint density at radius 2 is 1.79 bits per heavy atom. The lowest BCUT2D eigenvalue weighted by atomic mass is 9.75. The first kappa shape index (κ1) is 12.7. The Morgan fingerprint density at radius 1 is 1.16 bits per heavy atom. The summed E-state index contributed by atoms with van der Waals surface area (Å²) >= 11 is 6.20. The van der Waals surface area contributed by atoms with Crippen molar-refractivity contribution in [1.82, 2.24) is 0 Å². The second kappa shape index (κ2) is 4.64. The fraction of sp³-hybridized carbons (Fsp3) is 0.467. The van der Waals surface area contributed by atoms with Crippen molar-refractivity contribution in [2.45, 2.75) is 25.2 Å². The van der Waals surface area contributed by atoms with Crippen LogP contribution in [0, 0.1) is 11.8 Å². The van der Waals surface area contributed by atoms with Gasteiger partial charge in [0.25, 0.3) is 0 Å². The van der Waals surface area contributed by atoms with Crippen LogP contribution in [0.2, 0.25) is 5.02 Å². The van der Waals surface area contributed by atoms with Crippen molar-refractivity contribution < 1.29 is 14.3 Å². The van der Waals surface area contributed by atoms with Crippen molar-refractivity contribution in [1.29, 1.82) is 0 Å². The molecule has 0 N–H and O–H groups in total. The molecule has 0 aliphatic heterocycles. The molecule has 2 saturated carbocycles. The number of methoxy groups -OCH3 is 1. The van der Waals surface area contributed by atoms with Crippen LogP contribution < -0.4 is 4.74 Å². The molecule has 2 aliphatic carbocycles. The predicted molar refractivity (Wildman–Crippen MR) is 71.6 cm³/mol. The summed E-state index contributed by atoms with van der Waals surface area (Å²) in [7, 11) is 1.53. The highest BCUT2D eigenvalue weighted by Gasteiger charge is 2.48. The first-order valence-corrected chi connectivity index (χ1v) is 6.91. The van der Waals surface area contributed by atoms with Crippen LogP contribution in [0.3, 0.4) is 0 Å². The summed E-state index contributed by atoms with van der Waals surface area (Å²) in [5.74, 6) is -0.118. The van der Waals surface area contributed by atoms with E-state index in [9.17, 15) is 9.59 Å². The summed E-state index contributed by atoms with van der Waals surface area (Å²) in [6.07, 6.45) is 2.39. The lowest BCUT2D eigenvalue weighted by molar-refractivity contribution is -0.136. The maximum atomic E-state index is 12.5. The van der Waals surface area contributed by atoms with Crippen LogP contribution in [0.1, 0.15) is 30.7 Å². The second-order valence-electron chi connectivity index (χ2n) is 5.30. The first-order valence-electron chi connectivity index (χ1n) is 6.53. The number of hydrogen-bond donors (Lipinski definition) is 0. The quantitative estimate of drug-likeness (QED) is 0.781. The molecule has 0 aromatic heterocycles. The van der Waals surface area contributed by atoms with Gasteiger partial charge in [0.2, 0.25) is 0 Å². The van der Waals surface area contributed by atoms with Gasteiger partial charge in [0.05, 0.1) is 7.11 Å². The number of benzene rings is 1. The Kier molecular flexibility index (Phi) is 3.09. The van der Waals surface area contributed by atoms with Crippen molar-refractivity contribution in [3.8, 4) is 5.75 Å². The zero-order chi connectivity index (χ0) is 13.6. The molecular formula is C15H15ClO3. The lowest BCUT2D eigenvalue weighted by Gasteiger charge is -2.27. The zero-order valence-corrected chi connectivity index (χ0v) is 11.4. The van der Waals surface area contributed by atoms with Crippen LogP contribution >= 0.6 is 11.6 Å². The summed E-state index contributed by atoms with van der Waals surface area (Å²) in [6, 6.07) is 5.21. The van der Waals surface area contributed by atoms with E-state index < -0.39 is 5.92 Å². The lowest BCUT2D eigenvalue weighted by Crippen LogP contribution is -2.35. The molecule has 4 heteroatoms. The van der Waals surface area contributed by atoms with E-state index in [1.165, 1.54) is 7.11 Å². The number of carbonyl (C=O) groups excluding carboxylic acids is 2. The van der Waals surface area contributed by atoms with Crippen molar-refractivity contribution >= 4 is 23.2 Å². The summed E-state index contributed by atoms with van der Waals surface area (Å²) < 4.78 is 5.28. The molecular weight excluding hydrogens is 264 g/mol. The fourth-order valence-electron chi connectivity index (χ4n) is 3.37. The third-order valence-electron chi connectivity index (χ3n) is 4.33. The van der Waals surface area contributed by atoms with Gasteiger partial charge in [-0.15, -0.1) is 0 Å². The number of hydrogen-bond acceptors (Lipinski definition) is 3. The van der Waals surface area contributed by atoms with Crippen LogP contribution in [0.4, 0.5) is 0 Å². The summed E-state index contributed by atoms with van der Waals surface area (Å²) in [6.45, 7) is 0. The number of ketones is 2. The van der Waals surface area contributed by atoms with Gasteiger partial charge < -0.3 is 4.74 Å².